The number of rotatable bonds is 1. The molecule has 3 heteroatoms. The fourth-order valence-electron chi connectivity index (χ4n) is 3.32. The van der Waals surface area contributed by atoms with Gasteiger partial charge >= 0.3 is 0 Å². The van der Waals surface area contributed by atoms with E-state index in [4.69, 9.17) is 4.42 Å². The molecule has 0 unspecified atom stereocenters. The zero-order valence-corrected chi connectivity index (χ0v) is 13.9. The van der Waals surface area contributed by atoms with Gasteiger partial charge in [0.1, 0.15) is 18.2 Å². The molecule has 0 atom stereocenters. The van der Waals surface area contributed by atoms with Crippen LogP contribution in [0.5, 0.6) is 0 Å². The average Bonchev–Trinajstić information content (AvgIpc) is 2.93. The number of aryl methyl sites for hydroxylation is 3. The van der Waals surface area contributed by atoms with Gasteiger partial charge in [-0.15, -0.1) is 0 Å². The molecule has 4 aromatic rings. The van der Waals surface area contributed by atoms with Crippen molar-refractivity contribution in [2.45, 2.75) is 13.8 Å². The number of fused-ring (bicyclic) bond motifs is 3. The van der Waals surface area contributed by atoms with Gasteiger partial charge in [-0.1, -0.05) is 0 Å². The number of hydrogen-bond donors (Lipinski definition) is 0. The van der Waals surface area contributed by atoms with E-state index in [0.717, 1.165) is 33.2 Å². The van der Waals surface area contributed by atoms with E-state index in [-0.39, 0.29) is 0 Å². The van der Waals surface area contributed by atoms with E-state index in [1.165, 1.54) is 11.1 Å². The number of hydrogen-bond acceptors (Lipinski definition) is 2. The van der Waals surface area contributed by atoms with Crippen LogP contribution in [-0.4, -0.2) is 0 Å². The number of aromatic nitrogens is 1. The first-order valence-electron chi connectivity index (χ1n) is 7.91. The van der Waals surface area contributed by atoms with Crippen molar-refractivity contribution in [3.05, 3.63) is 65.4 Å². The second-order valence-corrected chi connectivity index (χ2v) is 6.19. The molecule has 2 aromatic heterocycles. The Hall–Kier alpha value is -3.12. The summed E-state index contributed by atoms with van der Waals surface area (Å²) in [6.45, 7) is 4.04. The minimum Gasteiger partial charge on any atom is -0.456 e. The molecule has 2 aromatic carbocycles. The highest BCUT2D eigenvalue weighted by atomic mass is 16.3. The van der Waals surface area contributed by atoms with Gasteiger partial charge in [0.25, 0.3) is 0 Å². The lowest BCUT2D eigenvalue weighted by atomic mass is 9.99. The van der Waals surface area contributed by atoms with Crippen LogP contribution in [0.1, 0.15) is 16.7 Å². The summed E-state index contributed by atoms with van der Waals surface area (Å²) >= 11 is 0. The van der Waals surface area contributed by atoms with Gasteiger partial charge in [-0.3, -0.25) is 0 Å². The maximum absolute atomic E-state index is 9.23. The lowest BCUT2D eigenvalue weighted by molar-refractivity contribution is -0.660. The molecule has 24 heavy (non-hydrogen) atoms. The van der Waals surface area contributed by atoms with Crippen molar-refractivity contribution in [3.63, 3.8) is 0 Å². The van der Waals surface area contributed by atoms with Crippen LogP contribution in [0.3, 0.4) is 0 Å². The molecule has 0 fully saturated rings. The van der Waals surface area contributed by atoms with E-state index in [1.807, 2.05) is 25.1 Å². The van der Waals surface area contributed by atoms with Gasteiger partial charge in [0.15, 0.2) is 6.20 Å². The van der Waals surface area contributed by atoms with Crippen LogP contribution in [0, 0.1) is 25.2 Å². The van der Waals surface area contributed by atoms with Gasteiger partial charge in [0.05, 0.1) is 11.6 Å². The molecule has 0 spiro atoms. The molecule has 2 heterocycles. The van der Waals surface area contributed by atoms with Crippen molar-refractivity contribution in [1.82, 2.24) is 0 Å². The van der Waals surface area contributed by atoms with Crippen LogP contribution >= 0.6 is 0 Å². The van der Waals surface area contributed by atoms with Gasteiger partial charge < -0.3 is 4.42 Å². The van der Waals surface area contributed by atoms with Gasteiger partial charge in [-0.2, -0.15) is 5.26 Å². The van der Waals surface area contributed by atoms with Crippen molar-refractivity contribution in [1.29, 1.82) is 5.26 Å². The van der Waals surface area contributed by atoms with Crippen LogP contribution in [0.2, 0.25) is 0 Å². The lowest BCUT2D eigenvalue weighted by Gasteiger charge is -2.04. The van der Waals surface area contributed by atoms with E-state index < -0.39 is 0 Å². The van der Waals surface area contributed by atoms with E-state index in [9.17, 15) is 5.26 Å². The highest BCUT2D eigenvalue weighted by Gasteiger charge is 2.17. The van der Waals surface area contributed by atoms with E-state index in [0.29, 0.717) is 5.56 Å². The fourth-order valence-corrected chi connectivity index (χ4v) is 3.32. The Morgan fingerprint density at radius 1 is 1.04 bits per heavy atom. The van der Waals surface area contributed by atoms with Crippen LogP contribution in [0.15, 0.2) is 53.1 Å². The van der Waals surface area contributed by atoms with Crippen LogP contribution in [-0.2, 0) is 7.05 Å². The second kappa shape index (κ2) is 5.21. The molecule has 0 N–H and O–H groups in total. The van der Waals surface area contributed by atoms with Crippen molar-refractivity contribution >= 4 is 21.9 Å². The Morgan fingerprint density at radius 2 is 1.88 bits per heavy atom. The predicted octanol–water partition coefficient (Wildman–Crippen LogP) is 4.57. The monoisotopic (exact) mass is 313 g/mol. The van der Waals surface area contributed by atoms with E-state index in [2.05, 4.69) is 55.1 Å². The van der Waals surface area contributed by atoms with Gasteiger partial charge in [0, 0.05) is 34.0 Å². The molecule has 4 rings (SSSR count). The van der Waals surface area contributed by atoms with Crippen molar-refractivity contribution in [2.24, 2.45) is 7.05 Å². The summed E-state index contributed by atoms with van der Waals surface area (Å²) in [6, 6.07) is 16.6. The van der Waals surface area contributed by atoms with Crippen molar-refractivity contribution in [3.8, 4) is 17.3 Å². The number of nitriles is 1. The molecule has 0 aliphatic heterocycles. The molecule has 0 radical (unpaired) electrons. The van der Waals surface area contributed by atoms with Gasteiger partial charge in [0.2, 0.25) is 5.69 Å². The molecule has 0 saturated heterocycles. The van der Waals surface area contributed by atoms with E-state index >= 15 is 0 Å². The SMILES string of the molecule is Cc1cc2oc3c(C)c(C#N)ccc3c2cc1-c1cccc[n+]1C. The largest absolute Gasteiger partial charge is 0.456 e. The Kier molecular flexibility index (Phi) is 3.14. The Balaban J connectivity index is 2.08. The summed E-state index contributed by atoms with van der Waals surface area (Å²) in [5, 5.41) is 11.4. The first-order valence-corrected chi connectivity index (χ1v) is 7.91. The third kappa shape index (κ3) is 2.00. The number of nitrogens with zero attached hydrogens (tertiary/aromatic N) is 2. The standard InChI is InChI=1S/C21H17N2O/c1-13-10-20-18(11-17(13)19-6-4-5-9-23(19)3)16-8-7-15(12-22)14(2)21(16)24-20/h4-11H,1-3H3/q+1. The first-order chi connectivity index (χ1) is 11.6. The molecule has 0 amide bonds. The van der Waals surface area contributed by atoms with Gasteiger partial charge in [-0.05, 0) is 49.7 Å². The minimum absolute atomic E-state index is 0.660. The average molecular weight is 313 g/mol. The highest BCUT2D eigenvalue weighted by Crippen LogP contribution is 2.35. The molecular formula is C21H17N2O+. The minimum atomic E-state index is 0.660. The second-order valence-electron chi connectivity index (χ2n) is 6.19. The summed E-state index contributed by atoms with van der Waals surface area (Å²) in [5.41, 5.74) is 6.75. The molecular weight excluding hydrogens is 296 g/mol. The number of pyridine rings is 1. The van der Waals surface area contributed by atoms with Crippen LogP contribution < -0.4 is 4.57 Å². The summed E-state index contributed by atoms with van der Waals surface area (Å²) in [7, 11) is 2.05. The Morgan fingerprint density at radius 3 is 2.62 bits per heavy atom. The summed E-state index contributed by atoms with van der Waals surface area (Å²) in [5.74, 6) is 0. The lowest BCUT2D eigenvalue weighted by Crippen LogP contribution is -2.30. The van der Waals surface area contributed by atoms with Crippen molar-refractivity contribution < 1.29 is 8.98 Å². The smallest absolute Gasteiger partial charge is 0.212 e. The zero-order chi connectivity index (χ0) is 16.8. The third-order valence-electron chi connectivity index (χ3n) is 4.69. The Labute approximate surface area is 140 Å². The van der Waals surface area contributed by atoms with E-state index in [1.54, 1.807) is 0 Å². The normalized spacial score (nSPS) is 11.1. The van der Waals surface area contributed by atoms with Crippen molar-refractivity contribution in [2.75, 3.05) is 0 Å². The summed E-state index contributed by atoms with van der Waals surface area (Å²) in [4.78, 5) is 0. The maximum Gasteiger partial charge on any atom is 0.212 e. The van der Waals surface area contributed by atoms with Gasteiger partial charge in [-0.25, -0.2) is 4.57 Å². The topological polar surface area (TPSA) is 40.8 Å². The molecule has 0 aliphatic carbocycles. The highest BCUT2D eigenvalue weighted by molar-refractivity contribution is 6.07. The number of benzene rings is 2. The summed E-state index contributed by atoms with van der Waals surface area (Å²) in [6.07, 6.45) is 2.05. The maximum atomic E-state index is 9.23. The zero-order valence-electron chi connectivity index (χ0n) is 13.9. The summed E-state index contributed by atoms with van der Waals surface area (Å²) < 4.78 is 8.19. The molecule has 116 valence electrons. The first kappa shape index (κ1) is 14.5. The quantitative estimate of drug-likeness (QED) is 0.483. The molecule has 3 nitrogen and oxygen atoms in total. The fraction of sp³-hybridized carbons (Fsp3) is 0.143. The molecule has 0 saturated carbocycles. The molecule has 0 bridgehead atoms. The van der Waals surface area contributed by atoms with Crippen LogP contribution in [0.25, 0.3) is 33.2 Å². The van der Waals surface area contributed by atoms with Crippen LogP contribution in [0.4, 0.5) is 0 Å². The number of furan rings is 1. The molecule has 0 aliphatic rings. The Bertz CT molecular complexity index is 1150. The predicted molar refractivity (Wildman–Crippen MR) is 94.5 cm³/mol. The third-order valence-corrected chi connectivity index (χ3v) is 4.69.